The maximum absolute atomic E-state index is 14.6. The number of allylic oxidation sites excluding steroid dienone is 1. The van der Waals surface area contributed by atoms with Crippen molar-refractivity contribution in [2.45, 2.75) is 33.2 Å². The van der Waals surface area contributed by atoms with Gasteiger partial charge in [-0.3, -0.25) is 14.4 Å². The molecule has 0 bridgehead atoms. The van der Waals surface area contributed by atoms with Crippen molar-refractivity contribution in [3.05, 3.63) is 64.5 Å². The lowest BCUT2D eigenvalue weighted by atomic mass is 10.1. The molecule has 0 spiro atoms. The number of carbonyl (C=O) groups is 3. The molecule has 1 unspecified atom stereocenters. The van der Waals surface area contributed by atoms with Crippen LogP contribution in [0.4, 0.5) is 21.5 Å². The lowest BCUT2D eigenvalue weighted by molar-refractivity contribution is -0.121. The van der Waals surface area contributed by atoms with Crippen LogP contribution in [0.3, 0.4) is 0 Å². The number of hydrogen-bond acceptors (Lipinski definition) is 4. The van der Waals surface area contributed by atoms with Gasteiger partial charge < -0.3 is 10.6 Å². The molecule has 0 aromatic heterocycles. The zero-order chi connectivity index (χ0) is 22.0. The van der Waals surface area contributed by atoms with Gasteiger partial charge in [0.25, 0.3) is 5.91 Å². The molecular weight excluding hydrogens is 409 g/mol. The summed E-state index contributed by atoms with van der Waals surface area (Å²) in [6.07, 6.45) is -0.0815. The zero-order valence-corrected chi connectivity index (χ0v) is 17.5. The third kappa shape index (κ3) is 4.36. The molecule has 1 atom stereocenters. The Kier molecular flexibility index (Phi) is 6.22. The van der Waals surface area contributed by atoms with E-state index in [4.69, 9.17) is 11.6 Å². The Bertz CT molecular complexity index is 1050. The number of carbonyl (C=O) groups excluding carboxylic acids is 3. The summed E-state index contributed by atoms with van der Waals surface area (Å²) in [4.78, 5) is 38.2. The minimum absolute atomic E-state index is 0.0251. The number of nitrogens with zero attached hydrogens (tertiary/aromatic N) is 1. The first kappa shape index (κ1) is 21.5. The van der Waals surface area contributed by atoms with E-state index < -0.39 is 23.7 Å². The number of anilines is 3. The maximum Gasteiger partial charge on any atom is 0.261 e. The monoisotopic (exact) mass is 429 g/mol. The van der Waals surface area contributed by atoms with Crippen molar-refractivity contribution in [2.75, 3.05) is 15.5 Å². The largest absolute Gasteiger partial charge is 0.373 e. The second kappa shape index (κ2) is 8.67. The van der Waals surface area contributed by atoms with Crippen LogP contribution in [0.15, 0.2) is 53.6 Å². The second-order valence-corrected chi connectivity index (χ2v) is 7.60. The van der Waals surface area contributed by atoms with Crippen molar-refractivity contribution >= 4 is 46.4 Å². The predicted octanol–water partition coefficient (Wildman–Crippen LogP) is 4.52. The van der Waals surface area contributed by atoms with Crippen molar-refractivity contribution in [1.29, 1.82) is 0 Å². The second-order valence-electron chi connectivity index (χ2n) is 7.19. The van der Waals surface area contributed by atoms with E-state index in [9.17, 15) is 18.8 Å². The number of imide groups is 1. The number of benzene rings is 2. The highest BCUT2D eigenvalue weighted by Gasteiger charge is 2.37. The van der Waals surface area contributed by atoms with Crippen molar-refractivity contribution in [3.63, 3.8) is 0 Å². The molecule has 3 rings (SSSR count). The van der Waals surface area contributed by atoms with E-state index in [1.54, 1.807) is 45.0 Å². The van der Waals surface area contributed by atoms with E-state index in [-0.39, 0.29) is 28.7 Å². The fraction of sp³-hybridized carbons (Fsp3) is 0.227. The Morgan fingerprint density at radius 2 is 1.83 bits per heavy atom. The van der Waals surface area contributed by atoms with Crippen LogP contribution < -0.4 is 15.5 Å². The highest BCUT2D eigenvalue weighted by atomic mass is 35.5. The van der Waals surface area contributed by atoms with E-state index in [1.165, 1.54) is 6.07 Å². The van der Waals surface area contributed by atoms with Gasteiger partial charge in [-0.2, -0.15) is 0 Å². The first-order valence-electron chi connectivity index (χ1n) is 9.34. The maximum atomic E-state index is 14.6. The van der Waals surface area contributed by atoms with Crippen LogP contribution in [0.2, 0.25) is 5.02 Å². The van der Waals surface area contributed by atoms with Gasteiger partial charge in [0.1, 0.15) is 11.9 Å². The Morgan fingerprint density at radius 1 is 1.17 bits per heavy atom. The van der Waals surface area contributed by atoms with Gasteiger partial charge in [-0.05, 0) is 45.0 Å². The number of nitrogens with one attached hydrogen (secondary N) is 2. The molecule has 3 amide bonds. The molecule has 1 aliphatic heterocycles. The van der Waals surface area contributed by atoms with Crippen LogP contribution in [-0.2, 0) is 14.4 Å². The lowest BCUT2D eigenvalue weighted by Gasteiger charge is -2.20. The number of hydrogen-bond donors (Lipinski definition) is 2. The molecule has 1 heterocycles. The van der Waals surface area contributed by atoms with Gasteiger partial charge in [0.05, 0.1) is 22.8 Å². The lowest BCUT2D eigenvalue weighted by Crippen LogP contribution is -2.33. The molecule has 2 aromatic carbocycles. The number of rotatable bonds is 5. The highest BCUT2D eigenvalue weighted by molar-refractivity contribution is 6.34. The molecule has 30 heavy (non-hydrogen) atoms. The Balaban J connectivity index is 1.85. The van der Waals surface area contributed by atoms with Crippen LogP contribution >= 0.6 is 11.6 Å². The quantitative estimate of drug-likeness (QED) is 0.541. The third-order valence-electron chi connectivity index (χ3n) is 4.73. The van der Waals surface area contributed by atoms with E-state index >= 15 is 0 Å². The third-order valence-corrected chi connectivity index (χ3v) is 5.04. The Hall–Kier alpha value is -3.19. The fourth-order valence-electron chi connectivity index (χ4n) is 3.08. The SMILES string of the molecule is CC(C)=C1CC(=O)N(c2cc(NC(C)C(=O)Nc3ccccc3)c(Cl)cc2F)C1=O. The smallest absolute Gasteiger partial charge is 0.261 e. The standard InChI is InChI=1S/C22H21ClFN3O3/c1-12(2)15-9-20(28)27(22(15)30)19-11-18(16(23)10-17(19)24)25-13(3)21(29)26-14-7-5-4-6-8-14/h4-8,10-11,13,25H,9H2,1-3H3,(H,26,29). The normalized spacial score (nSPS) is 14.7. The van der Waals surface area contributed by atoms with E-state index in [1.807, 2.05) is 6.07 Å². The summed E-state index contributed by atoms with van der Waals surface area (Å²) in [6, 6.07) is 10.5. The molecular formula is C22H21ClFN3O3. The average Bonchev–Trinajstić information content (AvgIpc) is 2.99. The van der Waals surface area contributed by atoms with E-state index in [0.717, 1.165) is 11.0 Å². The molecule has 156 valence electrons. The summed E-state index contributed by atoms with van der Waals surface area (Å²) >= 11 is 6.14. The topological polar surface area (TPSA) is 78.5 Å². The zero-order valence-electron chi connectivity index (χ0n) is 16.8. The van der Waals surface area contributed by atoms with Crippen LogP contribution in [0, 0.1) is 5.82 Å². The molecule has 0 radical (unpaired) electrons. The fourth-order valence-corrected chi connectivity index (χ4v) is 3.28. The van der Waals surface area contributed by atoms with Gasteiger partial charge in [0.2, 0.25) is 11.8 Å². The average molecular weight is 430 g/mol. The van der Waals surface area contributed by atoms with Crippen molar-refractivity contribution in [2.24, 2.45) is 0 Å². The Labute approximate surface area is 178 Å². The molecule has 1 fully saturated rings. The molecule has 1 saturated heterocycles. The first-order valence-corrected chi connectivity index (χ1v) is 9.72. The predicted molar refractivity (Wildman–Crippen MR) is 115 cm³/mol. The van der Waals surface area contributed by atoms with Crippen LogP contribution in [0.25, 0.3) is 0 Å². The van der Waals surface area contributed by atoms with E-state index in [0.29, 0.717) is 16.8 Å². The van der Waals surface area contributed by atoms with Crippen LogP contribution in [0.1, 0.15) is 27.2 Å². The first-order chi connectivity index (χ1) is 14.2. The summed E-state index contributed by atoms with van der Waals surface area (Å²) < 4.78 is 14.6. The van der Waals surface area contributed by atoms with Crippen LogP contribution in [-0.4, -0.2) is 23.8 Å². The summed E-state index contributed by atoms with van der Waals surface area (Å²) in [5.41, 5.74) is 1.71. The summed E-state index contributed by atoms with van der Waals surface area (Å²) in [6.45, 7) is 5.07. The number of halogens is 2. The van der Waals surface area contributed by atoms with Gasteiger partial charge in [0.15, 0.2) is 0 Å². The Morgan fingerprint density at radius 3 is 2.43 bits per heavy atom. The van der Waals surface area contributed by atoms with Crippen molar-refractivity contribution in [1.82, 2.24) is 0 Å². The summed E-state index contributed by atoms with van der Waals surface area (Å²) in [7, 11) is 0. The van der Waals surface area contributed by atoms with Crippen LogP contribution in [0.5, 0.6) is 0 Å². The van der Waals surface area contributed by atoms with Gasteiger partial charge in [-0.25, -0.2) is 9.29 Å². The number of amides is 3. The molecule has 0 saturated carbocycles. The summed E-state index contributed by atoms with van der Waals surface area (Å²) in [5.74, 6) is -2.20. The molecule has 6 nitrogen and oxygen atoms in total. The minimum atomic E-state index is -0.802. The van der Waals surface area contributed by atoms with E-state index in [2.05, 4.69) is 10.6 Å². The molecule has 8 heteroatoms. The van der Waals surface area contributed by atoms with Crippen molar-refractivity contribution < 1.29 is 18.8 Å². The van der Waals surface area contributed by atoms with Gasteiger partial charge in [-0.1, -0.05) is 35.4 Å². The molecule has 0 aliphatic carbocycles. The molecule has 2 N–H and O–H groups in total. The molecule has 1 aliphatic rings. The summed E-state index contributed by atoms with van der Waals surface area (Å²) in [5, 5.41) is 5.69. The van der Waals surface area contributed by atoms with Gasteiger partial charge >= 0.3 is 0 Å². The van der Waals surface area contributed by atoms with Crippen molar-refractivity contribution in [3.8, 4) is 0 Å². The highest BCUT2D eigenvalue weighted by Crippen LogP contribution is 2.35. The number of para-hydroxylation sites is 1. The van der Waals surface area contributed by atoms with Gasteiger partial charge in [-0.15, -0.1) is 0 Å². The molecule has 2 aromatic rings. The minimum Gasteiger partial charge on any atom is -0.373 e. The van der Waals surface area contributed by atoms with Gasteiger partial charge in [0, 0.05) is 11.3 Å².